The van der Waals surface area contributed by atoms with E-state index in [9.17, 15) is 14.2 Å². The molecule has 1 N–H and O–H groups in total. The number of rotatable bonds is 4. The number of anilines is 1. The predicted molar refractivity (Wildman–Crippen MR) is 105 cm³/mol. The highest BCUT2D eigenvalue weighted by molar-refractivity contribution is 7.32. The molecule has 9 nitrogen and oxygen atoms in total. The number of likely N-dealkylation sites (N-methyl/N-ethyl adjacent to an activating group) is 1. The number of fused-ring (bicyclic) bond motifs is 2. The Morgan fingerprint density at radius 1 is 1.30 bits per heavy atom. The Morgan fingerprint density at radius 2 is 1.93 bits per heavy atom. The van der Waals surface area contributed by atoms with Crippen LogP contribution in [0.3, 0.4) is 0 Å². The van der Waals surface area contributed by atoms with Crippen LogP contribution in [0.2, 0.25) is 0 Å². The van der Waals surface area contributed by atoms with Gasteiger partial charge < -0.3 is 19.3 Å². The van der Waals surface area contributed by atoms with Crippen molar-refractivity contribution in [1.29, 1.82) is 0 Å². The zero-order chi connectivity index (χ0) is 22.3. The van der Waals surface area contributed by atoms with Gasteiger partial charge in [0.15, 0.2) is 0 Å². The van der Waals surface area contributed by atoms with Gasteiger partial charge in [-0.2, -0.15) is 0 Å². The highest BCUT2D eigenvalue weighted by Crippen LogP contribution is 2.50. The lowest BCUT2D eigenvalue weighted by atomic mass is 9.73. The smallest absolute Gasteiger partial charge is 0.462 e. The molecule has 1 unspecified atom stereocenters. The Bertz CT molecular complexity index is 878. The van der Waals surface area contributed by atoms with Crippen LogP contribution in [0, 0.1) is 5.82 Å². The summed E-state index contributed by atoms with van der Waals surface area (Å²) in [4.78, 5) is 37.0. The second-order valence-corrected chi connectivity index (χ2v) is 9.08. The Hall–Kier alpha value is -2.29. The molecule has 0 bridgehead atoms. The van der Waals surface area contributed by atoms with Gasteiger partial charge in [0.2, 0.25) is 12.7 Å². The van der Waals surface area contributed by atoms with Gasteiger partial charge in [0.1, 0.15) is 17.2 Å². The topological polar surface area (TPSA) is 106 Å². The molecule has 1 aromatic carbocycles. The average Bonchev–Trinajstić information content (AvgIpc) is 2.83. The highest BCUT2D eigenvalue weighted by Gasteiger charge is 2.53. The van der Waals surface area contributed by atoms with E-state index in [1.54, 1.807) is 27.8 Å². The molecular weight excluding hydrogens is 418 g/mol. The Kier molecular flexibility index (Phi) is 6.04. The molecule has 164 valence electrons. The van der Waals surface area contributed by atoms with E-state index >= 15 is 4.39 Å². The van der Waals surface area contributed by atoms with Gasteiger partial charge in [-0.1, -0.05) is 4.52 Å². The molecule has 1 spiro atoms. The van der Waals surface area contributed by atoms with Crippen LogP contribution in [0.5, 0.6) is 5.75 Å². The maximum absolute atomic E-state index is 15.1. The Morgan fingerprint density at radius 3 is 2.50 bits per heavy atom. The zero-order valence-corrected chi connectivity index (χ0v) is 18.2. The predicted octanol–water partition coefficient (Wildman–Crippen LogP) is 3.07. The first-order valence-electron chi connectivity index (χ1n) is 9.46. The first kappa shape index (κ1) is 22.4. The number of carbonyl (C=O) groups is 2. The van der Waals surface area contributed by atoms with Crippen LogP contribution >= 0.6 is 8.25 Å². The van der Waals surface area contributed by atoms with Crippen molar-refractivity contribution in [3.05, 3.63) is 23.5 Å². The van der Waals surface area contributed by atoms with Gasteiger partial charge in [-0.05, 0) is 33.6 Å². The van der Waals surface area contributed by atoms with Gasteiger partial charge in [0, 0.05) is 42.4 Å². The molecule has 0 aliphatic carbocycles. The van der Waals surface area contributed by atoms with Crippen LogP contribution in [0.1, 0.15) is 39.2 Å². The fourth-order valence-electron chi connectivity index (χ4n) is 3.93. The molecule has 1 fully saturated rings. The third-order valence-electron chi connectivity index (χ3n) is 5.25. The van der Waals surface area contributed by atoms with Crippen molar-refractivity contribution in [2.24, 2.45) is 0 Å². The average molecular weight is 443 g/mol. The van der Waals surface area contributed by atoms with E-state index < -0.39 is 38.0 Å². The van der Waals surface area contributed by atoms with Crippen LogP contribution in [0.4, 0.5) is 14.9 Å². The fraction of sp³-hybridized carbons (Fsp3) is 0.579. The summed E-state index contributed by atoms with van der Waals surface area (Å²) in [7, 11) is -1.28. The summed E-state index contributed by atoms with van der Waals surface area (Å²) in [5.74, 6) is -0.780. The summed E-state index contributed by atoms with van der Waals surface area (Å²) in [6, 6.07) is 2.63. The third-order valence-corrected chi connectivity index (χ3v) is 5.58. The molecule has 1 aromatic rings. The number of hydrogen-bond acceptors (Lipinski definition) is 6. The summed E-state index contributed by atoms with van der Waals surface area (Å²) in [5, 5.41) is 0. The molecule has 0 saturated carbocycles. The molecule has 0 aromatic heterocycles. The van der Waals surface area contributed by atoms with Crippen molar-refractivity contribution in [3.63, 3.8) is 0 Å². The number of ether oxygens (including phenoxy) is 2. The lowest BCUT2D eigenvalue weighted by molar-refractivity contribution is -0.124. The van der Waals surface area contributed by atoms with Crippen molar-refractivity contribution in [1.82, 2.24) is 4.90 Å². The number of nitrogens with zero attached hydrogens (tertiary/aromatic N) is 2. The van der Waals surface area contributed by atoms with Crippen LogP contribution in [0.15, 0.2) is 12.1 Å². The fourth-order valence-corrected chi connectivity index (χ4v) is 4.07. The van der Waals surface area contributed by atoms with Crippen LogP contribution in [-0.2, 0) is 24.0 Å². The molecule has 3 rings (SSSR count). The van der Waals surface area contributed by atoms with Crippen molar-refractivity contribution in [3.8, 4) is 5.75 Å². The molecule has 0 radical (unpaired) electrons. The van der Waals surface area contributed by atoms with E-state index in [2.05, 4.69) is 4.52 Å². The molecule has 2 amide bonds. The summed E-state index contributed by atoms with van der Waals surface area (Å²) >= 11 is 0. The number of halogens is 1. The van der Waals surface area contributed by atoms with E-state index in [1.165, 1.54) is 15.9 Å². The van der Waals surface area contributed by atoms with Crippen LogP contribution in [0.25, 0.3) is 0 Å². The standard InChI is InChI=1S/C19H24FN2O7P/c1-18(2,3)29-17(24)22-7-5-19(6-8-22)15-13(20)9-12(27-11-28-30(25)26)10-14(15)21(4)16(19)23/h9-10H,5-8,11H2,1-4H3/p+1. The van der Waals surface area contributed by atoms with E-state index in [0.717, 1.165) is 6.07 Å². The quantitative estimate of drug-likeness (QED) is 0.563. The van der Waals surface area contributed by atoms with Crippen LogP contribution < -0.4 is 9.64 Å². The summed E-state index contributed by atoms with van der Waals surface area (Å²) in [6.45, 7) is 5.34. The van der Waals surface area contributed by atoms with Gasteiger partial charge in [0.05, 0.1) is 11.1 Å². The van der Waals surface area contributed by atoms with E-state index in [-0.39, 0.29) is 43.2 Å². The SMILES string of the molecule is CN1C(=O)C2(CCN(C(=O)OC(C)(C)C)CC2)c2c(F)cc(OCO[P+](=O)O)cc21. The minimum Gasteiger partial charge on any atom is -0.462 e. The summed E-state index contributed by atoms with van der Waals surface area (Å²) < 4.78 is 40.6. The number of carbonyl (C=O) groups excluding carboxylic acids is 2. The number of piperidine rings is 1. The first-order valence-corrected chi connectivity index (χ1v) is 10.6. The van der Waals surface area contributed by atoms with Crippen molar-refractivity contribution >= 4 is 25.9 Å². The van der Waals surface area contributed by atoms with E-state index in [1.807, 2.05) is 0 Å². The maximum Gasteiger partial charge on any atom is 0.698 e. The molecular formula is C19H25FN2O7P+. The first-order chi connectivity index (χ1) is 13.9. The molecule has 2 aliphatic rings. The maximum atomic E-state index is 15.1. The van der Waals surface area contributed by atoms with Crippen molar-refractivity contribution < 1.29 is 37.4 Å². The summed E-state index contributed by atoms with van der Waals surface area (Å²) in [5.41, 5.74) is -1.04. The molecule has 1 atom stereocenters. The van der Waals surface area contributed by atoms with Gasteiger partial charge in [-0.3, -0.25) is 4.79 Å². The number of amides is 2. The number of likely N-dealkylation sites (tertiary alicyclic amines) is 1. The van der Waals surface area contributed by atoms with Gasteiger partial charge in [0.25, 0.3) is 0 Å². The van der Waals surface area contributed by atoms with E-state index in [4.69, 9.17) is 14.4 Å². The second-order valence-electron chi connectivity index (χ2n) is 8.34. The number of hydrogen-bond donors (Lipinski definition) is 1. The highest BCUT2D eigenvalue weighted by atomic mass is 31.1. The zero-order valence-electron chi connectivity index (χ0n) is 17.3. The largest absolute Gasteiger partial charge is 0.698 e. The molecule has 2 heterocycles. The third kappa shape index (κ3) is 4.26. The lowest BCUT2D eigenvalue weighted by Gasteiger charge is -2.38. The lowest BCUT2D eigenvalue weighted by Crippen LogP contribution is -2.50. The normalized spacial score (nSPS) is 18.5. The van der Waals surface area contributed by atoms with Gasteiger partial charge >= 0.3 is 14.3 Å². The minimum absolute atomic E-state index is 0.0750. The molecule has 30 heavy (non-hydrogen) atoms. The van der Waals surface area contributed by atoms with Crippen LogP contribution in [-0.4, -0.2) is 54.3 Å². The van der Waals surface area contributed by atoms with Crippen molar-refractivity contribution in [2.45, 2.75) is 44.6 Å². The Balaban J connectivity index is 1.81. The molecule has 1 saturated heterocycles. The van der Waals surface area contributed by atoms with Crippen molar-refractivity contribution in [2.75, 3.05) is 31.8 Å². The van der Waals surface area contributed by atoms with Gasteiger partial charge in [-0.15, -0.1) is 4.89 Å². The van der Waals surface area contributed by atoms with E-state index in [0.29, 0.717) is 5.69 Å². The van der Waals surface area contributed by atoms with Gasteiger partial charge in [-0.25, -0.2) is 9.18 Å². The monoisotopic (exact) mass is 443 g/mol. The molecule has 11 heteroatoms. The summed E-state index contributed by atoms with van der Waals surface area (Å²) in [6.07, 6.45) is 0.0872. The second kappa shape index (κ2) is 8.09. The Labute approximate surface area is 174 Å². The number of benzene rings is 1. The minimum atomic E-state index is -2.84. The molecule has 2 aliphatic heterocycles.